The highest BCUT2D eigenvalue weighted by Crippen LogP contribution is 2.26. The smallest absolute Gasteiger partial charge is 0.266 e. The zero-order valence-corrected chi connectivity index (χ0v) is 15.0. The van der Waals surface area contributed by atoms with Gasteiger partial charge in [-0.1, -0.05) is 29.8 Å². The van der Waals surface area contributed by atoms with E-state index in [1.165, 1.54) is 35.0 Å². The zero-order valence-electron chi connectivity index (χ0n) is 14.3. The zero-order chi connectivity index (χ0) is 19.4. The van der Waals surface area contributed by atoms with Crippen molar-refractivity contribution in [2.45, 2.75) is 6.92 Å². The van der Waals surface area contributed by atoms with E-state index in [0.717, 1.165) is 5.69 Å². The number of nitrogens with zero attached hydrogens (tertiary/aromatic N) is 3. The Morgan fingerprint density at radius 3 is 2.52 bits per heavy atom. The Morgan fingerprint density at radius 2 is 1.89 bits per heavy atom. The van der Waals surface area contributed by atoms with E-state index in [1.807, 2.05) is 36.4 Å². The maximum absolute atomic E-state index is 13.0. The molecule has 0 fully saturated rings. The number of halogens is 2. The van der Waals surface area contributed by atoms with Crippen LogP contribution < -0.4 is 5.32 Å². The molecule has 27 heavy (non-hydrogen) atoms. The van der Waals surface area contributed by atoms with Crippen LogP contribution in [-0.4, -0.2) is 15.7 Å². The van der Waals surface area contributed by atoms with Gasteiger partial charge in [-0.3, -0.25) is 4.79 Å². The van der Waals surface area contributed by atoms with E-state index in [1.54, 1.807) is 6.92 Å². The summed E-state index contributed by atoms with van der Waals surface area (Å²) in [6.45, 7) is 1.74. The van der Waals surface area contributed by atoms with Crippen molar-refractivity contribution in [3.63, 3.8) is 0 Å². The van der Waals surface area contributed by atoms with Gasteiger partial charge in [0.15, 0.2) is 0 Å². The van der Waals surface area contributed by atoms with Gasteiger partial charge in [-0.15, -0.1) is 0 Å². The summed E-state index contributed by atoms with van der Waals surface area (Å²) in [5.74, 6) is -1.04. The van der Waals surface area contributed by atoms with Gasteiger partial charge in [-0.2, -0.15) is 10.4 Å². The number of benzene rings is 2. The van der Waals surface area contributed by atoms with Crippen LogP contribution in [0.25, 0.3) is 11.8 Å². The fourth-order valence-corrected chi connectivity index (χ4v) is 2.77. The van der Waals surface area contributed by atoms with Gasteiger partial charge in [0, 0.05) is 11.3 Å². The molecule has 5 nitrogen and oxygen atoms in total. The molecule has 3 aromatic rings. The number of hydrogen-bond acceptors (Lipinski definition) is 3. The van der Waals surface area contributed by atoms with Crippen molar-refractivity contribution >= 4 is 29.3 Å². The van der Waals surface area contributed by atoms with Crippen LogP contribution in [0.3, 0.4) is 0 Å². The summed E-state index contributed by atoms with van der Waals surface area (Å²) in [5.41, 5.74) is 2.05. The van der Waals surface area contributed by atoms with Gasteiger partial charge in [-0.25, -0.2) is 9.07 Å². The van der Waals surface area contributed by atoms with Crippen molar-refractivity contribution in [3.05, 3.63) is 82.4 Å². The number of carbonyl (C=O) groups excluding carboxylic acids is 1. The first-order chi connectivity index (χ1) is 13.0. The van der Waals surface area contributed by atoms with Crippen LogP contribution in [0.5, 0.6) is 0 Å². The molecule has 0 saturated heterocycles. The van der Waals surface area contributed by atoms with Crippen molar-refractivity contribution in [1.82, 2.24) is 9.78 Å². The maximum atomic E-state index is 13.0. The van der Waals surface area contributed by atoms with Crippen LogP contribution >= 0.6 is 11.6 Å². The van der Waals surface area contributed by atoms with Gasteiger partial charge >= 0.3 is 0 Å². The summed E-state index contributed by atoms with van der Waals surface area (Å²) in [6.07, 6.45) is 1.39. The summed E-state index contributed by atoms with van der Waals surface area (Å²) in [7, 11) is 0. The lowest BCUT2D eigenvalue weighted by atomic mass is 10.1. The quantitative estimate of drug-likeness (QED) is 0.534. The Kier molecular flexibility index (Phi) is 5.34. The molecule has 3 rings (SSSR count). The molecule has 1 aromatic heterocycles. The first kappa shape index (κ1) is 18.4. The molecule has 0 spiro atoms. The van der Waals surface area contributed by atoms with Crippen LogP contribution in [0.15, 0.2) is 60.2 Å². The third-order valence-corrected chi connectivity index (χ3v) is 4.17. The normalized spacial score (nSPS) is 11.1. The molecule has 0 aliphatic carbocycles. The van der Waals surface area contributed by atoms with Crippen molar-refractivity contribution < 1.29 is 9.18 Å². The highest BCUT2D eigenvalue weighted by atomic mass is 35.5. The molecule has 1 heterocycles. The monoisotopic (exact) mass is 380 g/mol. The molecule has 0 atom stereocenters. The SMILES string of the molecule is Cc1nn(-c2ccccc2)c(Cl)c1/C=C(\C#N)C(=O)Nc1ccc(F)cc1. The number of nitrogens with one attached hydrogen (secondary N) is 1. The first-order valence-electron chi connectivity index (χ1n) is 7.99. The summed E-state index contributed by atoms with van der Waals surface area (Å²) in [6, 6.07) is 16.4. The predicted octanol–water partition coefficient (Wildman–Crippen LogP) is 4.52. The van der Waals surface area contributed by atoms with Crippen LogP contribution in [0.2, 0.25) is 5.15 Å². The lowest BCUT2D eigenvalue weighted by molar-refractivity contribution is -0.112. The summed E-state index contributed by atoms with van der Waals surface area (Å²) < 4.78 is 14.5. The molecular formula is C20H14ClFN4O. The van der Waals surface area contributed by atoms with Gasteiger partial charge < -0.3 is 5.32 Å². The van der Waals surface area contributed by atoms with Crippen LogP contribution in [0.1, 0.15) is 11.3 Å². The van der Waals surface area contributed by atoms with Crippen LogP contribution in [-0.2, 0) is 4.79 Å². The number of amides is 1. The fourth-order valence-electron chi connectivity index (χ4n) is 2.44. The number of nitriles is 1. The second-order valence-corrected chi connectivity index (χ2v) is 6.03. The van der Waals surface area contributed by atoms with Gasteiger partial charge in [0.1, 0.15) is 22.6 Å². The molecule has 1 amide bonds. The summed E-state index contributed by atoms with van der Waals surface area (Å²) in [5, 5.41) is 16.6. The largest absolute Gasteiger partial charge is 0.321 e. The molecular weight excluding hydrogens is 367 g/mol. The third kappa shape index (κ3) is 4.05. The fraction of sp³-hybridized carbons (Fsp3) is 0.0500. The molecule has 0 bridgehead atoms. The topological polar surface area (TPSA) is 70.7 Å². The second kappa shape index (κ2) is 7.85. The minimum Gasteiger partial charge on any atom is -0.321 e. The lowest BCUT2D eigenvalue weighted by Gasteiger charge is -2.04. The Balaban J connectivity index is 1.92. The Morgan fingerprint density at radius 1 is 1.22 bits per heavy atom. The molecule has 0 aliphatic heterocycles. The molecule has 0 unspecified atom stereocenters. The highest BCUT2D eigenvalue weighted by molar-refractivity contribution is 6.31. The molecule has 0 saturated carbocycles. The number of rotatable bonds is 4. The number of hydrogen-bond donors (Lipinski definition) is 1. The average Bonchev–Trinajstić information content (AvgIpc) is 2.96. The second-order valence-electron chi connectivity index (χ2n) is 5.67. The van der Waals surface area contributed by atoms with E-state index in [0.29, 0.717) is 22.1 Å². The van der Waals surface area contributed by atoms with Crippen molar-refractivity contribution in [2.24, 2.45) is 0 Å². The standard InChI is InChI=1S/C20H14ClFN4O/c1-13-18(19(21)26(25-13)17-5-3-2-4-6-17)11-14(12-23)20(27)24-16-9-7-15(22)8-10-16/h2-11H,1H3,(H,24,27)/b14-11+. The van der Waals surface area contributed by atoms with E-state index >= 15 is 0 Å². The van der Waals surface area contributed by atoms with Gasteiger partial charge in [0.25, 0.3) is 5.91 Å². The van der Waals surface area contributed by atoms with E-state index < -0.39 is 11.7 Å². The number of carbonyl (C=O) groups is 1. The first-order valence-corrected chi connectivity index (χ1v) is 8.36. The van der Waals surface area contributed by atoms with Gasteiger partial charge in [0.2, 0.25) is 0 Å². The Labute approximate surface area is 160 Å². The van der Waals surface area contributed by atoms with Crippen LogP contribution in [0.4, 0.5) is 10.1 Å². The predicted molar refractivity (Wildman–Crippen MR) is 102 cm³/mol. The molecule has 0 aliphatic rings. The van der Waals surface area contributed by atoms with E-state index in [9.17, 15) is 14.4 Å². The maximum Gasteiger partial charge on any atom is 0.266 e. The summed E-state index contributed by atoms with van der Waals surface area (Å²) in [4.78, 5) is 12.4. The minimum absolute atomic E-state index is 0.142. The number of aromatic nitrogens is 2. The van der Waals surface area contributed by atoms with Crippen molar-refractivity contribution in [2.75, 3.05) is 5.32 Å². The summed E-state index contributed by atoms with van der Waals surface area (Å²) >= 11 is 6.42. The number of anilines is 1. The highest BCUT2D eigenvalue weighted by Gasteiger charge is 2.16. The molecule has 1 N–H and O–H groups in total. The molecule has 7 heteroatoms. The van der Waals surface area contributed by atoms with Crippen molar-refractivity contribution in [1.29, 1.82) is 5.26 Å². The Bertz CT molecular complexity index is 1050. The van der Waals surface area contributed by atoms with Gasteiger partial charge in [-0.05, 0) is 49.4 Å². The Hall–Kier alpha value is -3.43. The van der Waals surface area contributed by atoms with Gasteiger partial charge in [0.05, 0.1) is 11.4 Å². The lowest BCUT2D eigenvalue weighted by Crippen LogP contribution is -2.13. The van der Waals surface area contributed by atoms with E-state index in [2.05, 4.69) is 10.4 Å². The van der Waals surface area contributed by atoms with Crippen molar-refractivity contribution in [3.8, 4) is 11.8 Å². The minimum atomic E-state index is -0.618. The van der Waals surface area contributed by atoms with E-state index in [4.69, 9.17) is 11.6 Å². The third-order valence-electron chi connectivity index (χ3n) is 3.80. The molecule has 0 radical (unpaired) electrons. The molecule has 2 aromatic carbocycles. The number of para-hydroxylation sites is 1. The van der Waals surface area contributed by atoms with Crippen LogP contribution in [0, 0.1) is 24.1 Å². The average molecular weight is 381 g/mol. The molecule has 134 valence electrons. The number of aryl methyl sites for hydroxylation is 1. The van der Waals surface area contributed by atoms with E-state index in [-0.39, 0.29) is 5.57 Å².